The molecule has 7 heteroatoms. The van der Waals surface area contributed by atoms with Crippen LogP contribution in [0.3, 0.4) is 0 Å². The van der Waals surface area contributed by atoms with Gasteiger partial charge in [-0.3, -0.25) is 4.79 Å². The Morgan fingerprint density at radius 1 is 1.58 bits per heavy atom. The minimum Gasteiger partial charge on any atom is -0.396 e. The average molecular weight is 327 g/mol. The van der Waals surface area contributed by atoms with Crippen molar-refractivity contribution in [2.24, 2.45) is 0 Å². The highest BCUT2D eigenvalue weighted by Crippen LogP contribution is 2.09. The SMILES string of the molecule is CC(CCCO)NC(=O)c1ccc2nc(Br)nn2c1. The van der Waals surface area contributed by atoms with Gasteiger partial charge in [0.25, 0.3) is 5.91 Å². The molecule has 0 aliphatic carbocycles. The van der Waals surface area contributed by atoms with E-state index in [0.717, 1.165) is 6.42 Å². The molecule has 2 aromatic rings. The van der Waals surface area contributed by atoms with E-state index in [0.29, 0.717) is 22.4 Å². The first-order valence-electron chi connectivity index (χ1n) is 6.04. The van der Waals surface area contributed by atoms with Crippen LogP contribution in [0.2, 0.25) is 0 Å². The van der Waals surface area contributed by atoms with Gasteiger partial charge in [-0.25, -0.2) is 9.50 Å². The van der Waals surface area contributed by atoms with Crippen LogP contribution in [0.15, 0.2) is 23.1 Å². The maximum Gasteiger partial charge on any atom is 0.253 e. The average Bonchev–Trinajstić information content (AvgIpc) is 2.75. The fourth-order valence-electron chi connectivity index (χ4n) is 1.77. The first kappa shape index (κ1) is 14.0. The van der Waals surface area contributed by atoms with E-state index in [1.54, 1.807) is 22.8 Å². The smallest absolute Gasteiger partial charge is 0.253 e. The highest BCUT2D eigenvalue weighted by Gasteiger charge is 2.11. The normalized spacial score (nSPS) is 12.6. The van der Waals surface area contributed by atoms with Gasteiger partial charge in [0.1, 0.15) is 0 Å². The minimum atomic E-state index is -0.154. The van der Waals surface area contributed by atoms with Crippen molar-refractivity contribution >= 4 is 27.5 Å². The molecule has 19 heavy (non-hydrogen) atoms. The lowest BCUT2D eigenvalue weighted by molar-refractivity contribution is 0.0936. The summed E-state index contributed by atoms with van der Waals surface area (Å²) in [5, 5.41) is 15.7. The van der Waals surface area contributed by atoms with Crippen LogP contribution < -0.4 is 5.32 Å². The fraction of sp³-hybridized carbons (Fsp3) is 0.417. The number of fused-ring (bicyclic) bond motifs is 1. The molecule has 0 bridgehead atoms. The van der Waals surface area contributed by atoms with Crippen LogP contribution >= 0.6 is 15.9 Å². The third kappa shape index (κ3) is 3.51. The van der Waals surface area contributed by atoms with E-state index in [1.165, 1.54) is 0 Å². The second-order valence-corrected chi connectivity index (χ2v) is 5.05. The Kier molecular flexibility index (Phi) is 4.49. The number of amides is 1. The molecule has 1 atom stereocenters. The second-order valence-electron chi connectivity index (χ2n) is 4.34. The third-order valence-corrected chi connectivity index (χ3v) is 3.08. The number of aromatic nitrogens is 3. The largest absolute Gasteiger partial charge is 0.396 e. The number of nitrogens with zero attached hydrogens (tertiary/aromatic N) is 3. The Balaban J connectivity index is 2.08. The van der Waals surface area contributed by atoms with Crippen molar-refractivity contribution in [2.75, 3.05) is 6.61 Å². The fourth-order valence-corrected chi connectivity index (χ4v) is 2.12. The molecule has 2 rings (SSSR count). The van der Waals surface area contributed by atoms with Crippen molar-refractivity contribution in [3.63, 3.8) is 0 Å². The van der Waals surface area contributed by atoms with Gasteiger partial charge >= 0.3 is 0 Å². The monoisotopic (exact) mass is 326 g/mol. The highest BCUT2D eigenvalue weighted by molar-refractivity contribution is 9.10. The van der Waals surface area contributed by atoms with Crippen molar-refractivity contribution < 1.29 is 9.90 Å². The van der Waals surface area contributed by atoms with Gasteiger partial charge in [-0.05, 0) is 47.8 Å². The van der Waals surface area contributed by atoms with E-state index in [2.05, 4.69) is 31.3 Å². The summed E-state index contributed by atoms with van der Waals surface area (Å²) in [6.45, 7) is 2.05. The Hall–Kier alpha value is -1.47. The molecule has 0 aromatic carbocycles. The van der Waals surface area contributed by atoms with E-state index >= 15 is 0 Å². The van der Waals surface area contributed by atoms with Gasteiger partial charge in [-0.1, -0.05) is 0 Å². The molecule has 102 valence electrons. The zero-order valence-corrected chi connectivity index (χ0v) is 12.1. The van der Waals surface area contributed by atoms with Gasteiger partial charge in [0.2, 0.25) is 4.73 Å². The highest BCUT2D eigenvalue weighted by atomic mass is 79.9. The molecule has 6 nitrogen and oxygen atoms in total. The summed E-state index contributed by atoms with van der Waals surface area (Å²) in [5.74, 6) is -0.154. The summed E-state index contributed by atoms with van der Waals surface area (Å²) in [7, 11) is 0. The number of hydrogen-bond acceptors (Lipinski definition) is 4. The topological polar surface area (TPSA) is 79.5 Å². The molecule has 0 spiro atoms. The lowest BCUT2D eigenvalue weighted by Crippen LogP contribution is -2.32. The zero-order valence-electron chi connectivity index (χ0n) is 10.5. The van der Waals surface area contributed by atoms with Gasteiger partial charge in [-0.15, -0.1) is 5.10 Å². The van der Waals surface area contributed by atoms with Crippen LogP contribution in [0, 0.1) is 0 Å². The van der Waals surface area contributed by atoms with Crippen LogP contribution in [-0.4, -0.2) is 38.3 Å². The number of aliphatic hydroxyl groups excluding tert-OH is 1. The summed E-state index contributed by atoms with van der Waals surface area (Å²) in [6, 6.07) is 3.48. The quantitative estimate of drug-likeness (QED) is 0.870. The number of nitrogens with one attached hydrogen (secondary N) is 1. The molecule has 0 saturated carbocycles. The van der Waals surface area contributed by atoms with Crippen molar-refractivity contribution in [3.8, 4) is 0 Å². The van der Waals surface area contributed by atoms with Gasteiger partial charge in [-0.2, -0.15) is 0 Å². The summed E-state index contributed by atoms with van der Waals surface area (Å²) in [4.78, 5) is 16.1. The Morgan fingerprint density at radius 2 is 2.37 bits per heavy atom. The van der Waals surface area contributed by atoms with Crippen molar-refractivity contribution in [1.29, 1.82) is 0 Å². The number of rotatable bonds is 5. The number of hydrogen-bond donors (Lipinski definition) is 2. The Labute approximate surface area is 119 Å². The van der Waals surface area contributed by atoms with Crippen LogP contribution in [-0.2, 0) is 0 Å². The molecular formula is C12H15BrN4O2. The predicted octanol–water partition coefficient (Wildman–Crippen LogP) is 1.38. The lowest BCUT2D eigenvalue weighted by Gasteiger charge is -2.13. The second kappa shape index (κ2) is 6.12. The third-order valence-electron chi connectivity index (χ3n) is 2.74. The molecule has 2 heterocycles. The summed E-state index contributed by atoms with van der Waals surface area (Å²) >= 11 is 3.19. The minimum absolute atomic E-state index is 0.0258. The molecule has 0 fully saturated rings. The molecular weight excluding hydrogens is 312 g/mol. The molecule has 1 unspecified atom stereocenters. The number of carbonyl (C=O) groups excluding carboxylic acids is 1. The van der Waals surface area contributed by atoms with Gasteiger partial charge in [0, 0.05) is 18.8 Å². The van der Waals surface area contributed by atoms with Crippen LogP contribution in [0.5, 0.6) is 0 Å². The first-order valence-corrected chi connectivity index (χ1v) is 6.83. The van der Waals surface area contributed by atoms with Gasteiger partial charge < -0.3 is 10.4 Å². The summed E-state index contributed by atoms with van der Waals surface area (Å²) < 4.78 is 2.04. The van der Waals surface area contributed by atoms with Gasteiger partial charge in [0.15, 0.2) is 5.65 Å². The standard InChI is InChI=1S/C12H15BrN4O2/c1-8(3-2-6-18)14-11(19)9-4-5-10-15-12(13)16-17(10)7-9/h4-5,7-8,18H,2-3,6H2,1H3,(H,14,19). The van der Waals surface area contributed by atoms with Crippen LogP contribution in [0.4, 0.5) is 0 Å². The number of pyridine rings is 1. The number of aliphatic hydroxyl groups is 1. The molecule has 0 saturated heterocycles. The van der Waals surface area contributed by atoms with Crippen LogP contribution in [0.25, 0.3) is 5.65 Å². The summed E-state index contributed by atoms with van der Waals surface area (Å²) in [5.41, 5.74) is 1.21. The van der Waals surface area contributed by atoms with Crippen molar-refractivity contribution in [2.45, 2.75) is 25.8 Å². The Morgan fingerprint density at radius 3 is 3.11 bits per heavy atom. The lowest BCUT2D eigenvalue weighted by atomic mass is 10.1. The molecule has 0 aliphatic rings. The maximum atomic E-state index is 12.0. The van der Waals surface area contributed by atoms with Crippen molar-refractivity contribution in [1.82, 2.24) is 19.9 Å². The molecule has 0 aliphatic heterocycles. The maximum absolute atomic E-state index is 12.0. The van der Waals surface area contributed by atoms with E-state index in [-0.39, 0.29) is 18.6 Å². The molecule has 2 N–H and O–H groups in total. The van der Waals surface area contributed by atoms with Gasteiger partial charge in [0.05, 0.1) is 5.56 Å². The molecule has 0 radical (unpaired) electrons. The van der Waals surface area contributed by atoms with Crippen molar-refractivity contribution in [3.05, 3.63) is 28.6 Å². The van der Waals surface area contributed by atoms with Crippen LogP contribution in [0.1, 0.15) is 30.1 Å². The first-order chi connectivity index (χ1) is 9.10. The Bertz CT molecular complexity index is 584. The predicted molar refractivity (Wildman–Crippen MR) is 73.9 cm³/mol. The van der Waals surface area contributed by atoms with E-state index in [1.807, 2.05) is 6.92 Å². The number of carbonyl (C=O) groups is 1. The zero-order chi connectivity index (χ0) is 13.8. The van der Waals surface area contributed by atoms with E-state index < -0.39 is 0 Å². The molecule has 2 aromatic heterocycles. The molecule has 1 amide bonds. The van der Waals surface area contributed by atoms with E-state index in [4.69, 9.17) is 5.11 Å². The number of halogens is 1. The summed E-state index contributed by atoms with van der Waals surface area (Å²) in [6.07, 6.45) is 3.07. The van der Waals surface area contributed by atoms with E-state index in [9.17, 15) is 4.79 Å².